The molecule has 4 heteroatoms. The van der Waals surface area contributed by atoms with E-state index >= 15 is 0 Å². The van der Waals surface area contributed by atoms with E-state index in [1.165, 1.54) is 24.0 Å². The molecule has 0 saturated heterocycles. The summed E-state index contributed by atoms with van der Waals surface area (Å²) in [6.45, 7) is 0. The summed E-state index contributed by atoms with van der Waals surface area (Å²) in [6.07, 6.45) is 5.16. The van der Waals surface area contributed by atoms with Gasteiger partial charge in [0.2, 0.25) is 0 Å². The van der Waals surface area contributed by atoms with Gasteiger partial charge in [0, 0.05) is 26.0 Å². The van der Waals surface area contributed by atoms with Gasteiger partial charge >= 0.3 is 0 Å². The van der Waals surface area contributed by atoms with Crippen LogP contribution in [0.4, 0.5) is 5.69 Å². The summed E-state index contributed by atoms with van der Waals surface area (Å²) >= 11 is 0. The number of nitrogens with zero attached hydrogens (tertiary/aromatic N) is 2. The number of pyridine rings is 1. The lowest BCUT2D eigenvalue weighted by Gasteiger charge is -2.21. The van der Waals surface area contributed by atoms with Gasteiger partial charge in [-0.2, -0.15) is 0 Å². The summed E-state index contributed by atoms with van der Waals surface area (Å²) in [5.41, 5.74) is 4.38. The maximum atomic E-state index is 12.7. The highest BCUT2D eigenvalue weighted by Gasteiger charge is 2.54. The van der Waals surface area contributed by atoms with Gasteiger partial charge in [0.25, 0.3) is 5.91 Å². The predicted molar refractivity (Wildman–Crippen MR) is 90.6 cm³/mol. The highest BCUT2D eigenvalue weighted by Crippen LogP contribution is 2.61. The molecule has 2 aromatic rings. The number of hydrogen-bond acceptors (Lipinski definition) is 3. The van der Waals surface area contributed by atoms with Crippen LogP contribution < -0.4 is 10.2 Å². The molecule has 23 heavy (non-hydrogen) atoms. The second-order valence-corrected chi connectivity index (χ2v) is 6.94. The summed E-state index contributed by atoms with van der Waals surface area (Å²) in [4.78, 5) is 18.9. The van der Waals surface area contributed by atoms with Crippen LogP contribution in [0, 0.1) is 5.41 Å². The topological polar surface area (TPSA) is 45.2 Å². The van der Waals surface area contributed by atoms with Gasteiger partial charge in [-0.15, -0.1) is 0 Å². The van der Waals surface area contributed by atoms with Gasteiger partial charge in [0.05, 0.1) is 6.04 Å². The fourth-order valence-electron chi connectivity index (χ4n) is 3.67. The van der Waals surface area contributed by atoms with Crippen molar-refractivity contribution in [3.8, 4) is 0 Å². The van der Waals surface area contributed by atoms with Crippen LogP contribution in [0.2, 0.25) is 0 Å². The van der Waals surface area contributed by atoms with Crippen molar-refractivity contribution >= 4 is 11.6 Å². The number of hydrogen-bond donors (Lipinski definition) is 1. The van der Waals surface area contributed by atoms with Crippen LogP contribution in [0.15, 0.2) is 42.6 Å². The fraction of sp³-hybridized carbons (Fsp3) is 0.368. The van der Waals surface area contributed by atoms with E-state index in [0.717, 1.165) is 12.1 Å². The third-order valence-electron chi connectivity index (χ3n) is 5.18. The molecule has 1 N–H and O–H groups in total. The van der Waals surface area contributed by atoms with Crippen LogP contribution in [0.5, 0.6) is 0 Å². The van der Waals surface area contributed by atoms with E-state index in [0.29, 0.717) is 5.69 Å². The molecule has 0 bridgehead atoms. The highest BCUT2D eigenvalue weighted by molar-refractivity contribution is 5.93. The monoisotopic (exact) mass is 307 g/mol. The molecule has 1 saturated carbocycles. The largest absolute Gasteiger partial charge is 0.378 e. The molecule has 0 radical (unpaired) electrons. The molecule has 1 heterocycles. The molecule has 4 rings (SSSR count). The Morgan fingerprint density at radius 2 is 2.04 bits per heavy atom. The van der Waals surface area contributed by atoms with Crippen molar-refractivity contribution in [1.29, 1.82) is 0 Å². The minimum absolute atomic E-state index is 0.0818. The SMILES string of the molecule is CN(C)c1ccnc(C(=O)N[C@@H]2c3ccccc3CC23CC3)c1. The molecule has 0 unspecified atom stereocenters. The average Bonchev–Trinajstić information content (AvgIpc) is 3.26. The summed E-state index contributed by atoms with van der Waals surface area (Å²) < 4.78 is 0. The second-order valence-electron chi connectivity index (χ2n) is 6.94. The molecule has 118 valence electrons. The lowest BCUT2D eigenvalue weighted by molar-refractivity contribution is 0.0915. The molecule has 1 fully saturated rings. The highest BCUT2D eigenvalue weighted by atomic mass is 16.2. The van der Waals surface area contributed by atoms with Gasteiger partial charge in [-0.1, -0.05) is 24.3 Å². The molecular weight excluding hydrogens is 286 g/mol. The predicted octanol–water partition coefficient (Wildman–Crippen LogP) is 2.96. The molecule has 1 aromatic heterocycles. The van der Waals surface area contributed by atoms with Crippen molar-refractivity contribution in [2.45, 2.75) is 25.3 Å². The van der Waals surface area contributed by atoms with Gasteiger partial charge in [-0.25, -0.2) is 0 Å². The number of aromatic nitrogens is 1. The van der Waals surface area contributed by atoms with Crippen LogP contribution in [0.25, 0.3) is 0 Å². The summed E-state index contributed by atoms with van der Waals surface area (Å²) in [5.74, 6) is -0.0818. The van der Waals surface area contributed by atoms with Gasteiger partial charge in [-0.05, 0) is 47.9 Å². The molecule has 1 amide bonds. The number of fused-ring (bicyclic) bond motifs is 1. The molecule has 2 aliphatic carbocycles. The van der Waals surface area contributed by atoms with Crippen LogP contribution in [-0.4, -0.2) is 25.0 Å². The molecule has 1 aromatic carbocycles. The van der Waals surface area contributed by atoms with Gasteiger partial charge in [-0.3, -0.25) is 9.78 Å². The number of anilines is 1. The Morgan fingerprint density at radius 3 is 2.78 bits per heavy atom. The molecule has 1 atom stereocenters. The van der Waals surface area contributed by atoms with Gasteiger partial charge < -0.3 is 10.2 Å². The number of nitrogens with one attached hydrogen (secondary N) is 1. The van der Waals surface area contributed by atoms with E-state index in [2.05, 4.69) is 34.6 Å². The fourth-order valence-corrected chi connectivity index (χ4v) is 3.67. The summed E-state index contributed by atoms with van der Waals surface area (Å²) in [7, 11) is 3.92. The van der Waals surface area contributed by atoms with E-state index in [1.807, 2.05) is 31.1 Å². The van der Waals surface area contributed by atoms with Gasteiger partial charge in [0.15, 0.2) is 0 Å². The zero-order valence-electron chi connectivity index (χ0n) is 13.5. The lowest BCUT2D eigenvalue weighted by atomic mass is 9.97. The van der Waals surface area contributed by atoms with Crippen molar-refractivity contribution in [3.63, 3.8) is 0 Å². The van der Waals surface area contributed by atoms with Crippen molar-refractivity contribution in [2.75, 3.05) is 19.0 Å². The Balaban J connectivity index is 1.60. The van der Waals surface area contributed by atoms with E-state index < -0.39 is 0 Å². The molecular formula is C19H21N3O. The van der Waals surface area contributed by atoms with Crippen molar-refractivity contribution in [1.82, 2.24) is 10.3 Å². The first-order chi connectivity index (χ1) is 11.1. The Hall–Kier alpha value is -2.36. The standard InChI is InChI=1S/C19H21N3O/c1-22(2)14-7-10-20-16(11-14)18(23)21-17-15-6-4-3-5-13(15)12-19(17)8-9-19/h3-7,10-11,17H,8-9,12H2,1-2H3,(H,21,23)/t17-/m1/s1. The van der Waals surface area contributed by atoms with E-state index in [4.69, 9.17) is 0 Å². The van der Waals surface area contributed by atoms with Crippen LogP contribution in [0.3, 0.4) is 0 Å². The van der Waals surface area contributed by atoms with Crippen LogP contribution in [-0.2, 0) is 6.42 Å². The number of carbonyl (C=O) groups excluding carboxylic acids is 1. The minimum Gasteiger partial charge on any atom is -0.378 e. The first kappa shape index (κ1) is 14.2. The van der Waals surface area contributed by atoms with E-state index in [1.54, 1.807) is 6.20 Å². The average molecular weight is 307 g/mol. The van der Waals surface area contributed by atoms with Crippen molar-refractivity contribution in [2.24, 2.45) is 5.41 Å². The zero-order valence-corrected chi connectivity index (χ0v) is 13.5. The van der Waals surface area contributed by atoms with Crippen LogP contribution >= 0.6 is 0 Å². The number of benzene rings is 1. The maximum absolute atomic E-state index is 12.7. The summed E-state index contributed by atoms with van der Waals surface area (Å²) in [6, 6.07) is 12.4. The number of amides is 1. The molecule has 4 nitrogen and oxygen atoms in total. The molecule has 0 aliphatic heterocycles. The van der Waals surface area contributed by atoms with E-state index in [-0.39, 0.29) is 17.4 Å². The first-order valence-electron chi connectivity index (χ1n) is 8.11. The number of carbonyl (C=O) groups is 1. The van der Waals surface area contributed by atoms with Crippen molar-refractivity contribution < 1.29 is 4.79 Å². The van der Waals surface area contributed by atoms with E-state index in [9.17, 15) is 4.79 Å². The zero-order chi connectivity index (χ0) is 16.0. The Kier molecular flexibility index (Phi) is 3.15. The second kappa shape index (κ2) is 5.08. The Labute approximate surface area is 136 Å². The minimum atomic E-state index is -0.0818. The maximum Gasteiger partial charge on any atom is 0.270 e. The number of rotatable bonds is 3. The van der Waals surface area contributed by atoms with Gasteiger partial charge in [0.1, 0.15) is 5.69 Å². The lowest BCUT2D eigenvalue weighted by Crippen LogP contribution is -2.32. The third-order valence-corrected chi connectivity index (χ3v) is 5.18. The van der Waals surface area contributed by atoms with Crippen molar-refractivity contribution in [3.05, 3.63) is 59.4 Å². The Morgan fingerprint density at radius 1 is 1.26 bits per heavy atom. The summed E-state index contributed by atoms with van der Waals surface area (Å²) in [5, 5.41) is 3.25. The molecule has 2 aliphatic rings. The smallest absolute Gasteiger partial charge is 0.270 e. The molecule has 1 spiro atoms. The third kappa shape index (κ3) is 2.38. The van der Waals surface area contributed by atoms with Crippen LogP contribution in [0.1, 0.15) is 40.5 Å². The Bertz CT molecular complexity index is 765. The normalized spacial score (nSPS) is 20.2. The first-order valence-corrected chi connectivity index (χ1v) is 8.11. The quantitative estimate of drug-likeness (QED) is 0.948.